The summed E-state index contributed by atoms with van der Waals surface area (Å²) in [7, 11) is 0. The molecule has 0 amide bonds. The van der Waals surface area contributed by atoms with Gasteiger partial charge in [-0.15, -0.1) is 0 Å². The van der Waals surface area contributed by atoms with Crippen LogP contribution in [-0.4, -0.2) is 23.5 Å². The van der Waals surface area contributed by atoms with Crippen molar-refractivity contribution in [1.29, 1.82) is 0 Å². The molecule has 0 unspecified atom stereocenters. The van der Waals surface area contributed by atoms with Crippen molar-refractivity contribution < 1.29 is 0 Å². The molecule has 0 atom stereocenters. The van der Waals surface area contributed by atoms with Crippen LogP contribution >= 0.6 is 0 Å². The molecule has 0 aliphatic carbocycles. The van der Waals surface area contributed by atoms with Crippen molar-refractivity contribution >= 4 is 5.57 Å². The van der Waals surface area contributed by atoms with Crippen LogP contribution in [0.3, 0.4) is 0 Å². The topological polar surface area (TPSA) is 3.24 Å². The molecule has 0 fully saturated rings. The summed E-state index contributed by atoms with van der Waals surface area (Å²) < 4.78 is 0. The maximum Gasteiger partial charge on any atom is 0.0174 e. The van der Waals surface area contributed by atoms with E-state index >= 15 is 0 Å². The van der Waals surface area contributed by atoms with Crippen molar-refractivity contribution in [3.63, 3.8) is 0 Å². The predicted octanol–water partition coefficient (Wildman–Crippen LogP) is 4.70. The Balaban J connectivity index is 2.10. The van der Waals surface area contributed by atoms with Crippen LogP contribution in [0.25, 0.3) is 5.57 Å². The fraction of sp³-hybridized carbons (Fsp3) is 0.556. The molecule has 1 aromatic rings. The quantitative estimate of drug-likeness (QED) is 0.742. The van der Waals surface area contributed by atoms with E-state index in [9.17, 15) is 0 Å². The van der Waals surface area contributed by atoms with E-state index in [0.29, 0.717) is 5.92 Å². The molecule has 104 valence electrons. The molecule has 0 spiro atoms. The highest BCUT2D eigenvalue weighted by Crippen LogP contribution is 2.27. The second-order valence-corrected chi connectivity index (χ2v) is 6.87. The first-order chi connectivity index (χ1) is 8.88. The molecule has 1 nitrogen and oxygen atoms in total. The molecule has 0 bridgehead atoms. The van der Waals surface area contributed by atoms with Gasteiger partial charge >= 0.3 is 0 Å². The Bertz CT molecular complexity index is 446. The molecule has 1 aliphatic rings. The van der Waals surface area contributed by atoms with Gasteiger partial charge < -0.3 is 0 Å². The zero-order chi connectivity index (χ0) is 14.0. The average Bonchev–Trinajstić information content (AvgIpc) is 2.38. The molecule has 1 heteroatoms. The first kappa shape index (κ1) is 14.3. The zero-order valence-electron chi connectivity index (χ0n) is 13.0. The summed E-state index contributed by atoms with van der Waals surface area (Å²) in [6.45, 7) is 13.6. The Labute approximate surface area is 118 Å². The van der Waals surface area contributed by atoms with Crippen LogP contribution in [0.15, 0.2) is 30.3 Å². The maximum absolute atomic E-state index is 2.54. The largest absolute Gasteiger partial charge is 0.294 e. The first-order valence-corrected chi connectivity index (χ1v) is 7.42. The van der Waals surface area contributed by atoms with Gasteiger partial charge in [0.2, 0.25) is 0 Å². The lowest BCUT2D eigenvalue weighted by molar-refractivity contribution is 0.153. The van der Waals surface area contributed by atoms with E-state index < -0.39 is 0 Å². The third kappa shape index (κ3) is 3.48. The summed E-state index contributed by atoms with van der Waals surface area (Å²) in [6, 6.07) is 9.12. The fourth-order valence-electron chi connectivity index (χ4n) is 2.62. The molecular weight excluding hydrogens is 230 g/mol. The molecule has 0 saturated heterocycles. The van der Waals surface area contributed by atoms with Crippen LogP contribution < -0.4 is 0 Å². The van der Waals surface area contributed by atoms with Gasteiger partial charge in [0.25, 0.3) is 0 Å². The molecule has 0 saturated carbocycles. The van der Waals surface area contributed by atoms with Crippen molar-refractivity contribution in [2.24, 2.45) is 0 Å². The average molecular weight is 257 g/mol. The predicted molar refractivity (Wildman–Crippen MR) is 84.5 cm³/mol. The molecule has 1 heterocycles. The Morgan fingerprint density at radius 1 is 1.05 bits per heavy atom. The minimum absolute atomic E-state index is 0.281. The fourth-order valence-corrected chi connectivity index (χ4v) is 2.62. The Morgan fingerprint density at radius 3 is 2.11 bits per heavy atom. The highest BCUT2D eigenvalue weighted by molar-refractivity contribution is 5.66. The summed E-state index contributed by atoms with van der Waals surface area (Å²) in [5.41, 5.74) is 4.62. The highest BCUT2D eigenvalue weighted by Gasteiger charge is 2.23. The third-order valence-electron chi connectivity index (χ3n) is 4.11. The monoisotopic (exact) mass is 257 g/mol. The van der Waals surface area contributed by atoms with Crippen molar-refractivity contribution in [3.8, 4) is 0 Å². The lowest BCUT2D eigenvalue weighted by Gasteiger charge is -2.37. The second-order valence-electron chi connectivity index (χ2n) is 6.87. The Morgan fingerprint density at radius 2 is 1.68 bits per heavy atom. The zero-order valence-corrected chi connectivity index (χ0v) is 13.0. The van der Waals surface area contributed by atoms with Gasteiger partial charge in [0.05, 0.1) is 0 Å². The molecule has 1 aromatic carbocycles. The highest BCUT2D eigenvalue weighted by atomic mass is 15.2. The van der Waals surface area contributed by atoms with Gasteiger partial charge in [0.15, 0.2) is 0 Å². The number of benzene rings is 1. The van der Waals surface area contributed by atoms with Gasteiger partial charge in [-0.3, -0.25) is 4.90 Å². The van der Waals surface area contributed by atoms with Gasteiger partial charge in [-0.1, -0.05) is 44.2 Å². The molecule has 0 radical (unpaired) electrons. The second kappa shape index (κ2) is 5.50. The lowest BCUT2D eigenvalue weighted by Crippen LogP contribution is -2.43. The van der Waals surface area contributed by atoms with E-state index in [0.717, 1.165) is 13.0 Å². The summed E-state index contributed by atoms with van der Waals surface area (Å²) in [5, 5.41) is 0. The van der Waals surface area contributed by atoms with Crippen molar-refractivity contribution in [3.05, 3.63) is 41.5 Å². The number of nitrogens with zero attached hydrogens (tertiary/aromatic N) is 1. The van der Waals surface area contributed by atoms with Gasteiger partial charge in [0, 0.05) is 18.6 Å². The first-order valence-electron chi connectivity index (χ1n) is 7.42. The SMILES string of the molecule is CC(C)c1ccc(C2=CCN(C(C)(C)C)CC2)cc1. The third-order valence-corrected chi connectivity index (χ3v) is 4.11. The van der Waals surface area contributed by atoms with E-state index in [1.54, 1.807) is 0 Å². The lowest BCUT2D eigenvalue weighted by atomic mass is 9.94. The molecule has 2 rings (SSSR count). The summed E-state index contributed by atoms with van der Waals surface area (Å²) in [4.78, 5) is 2.54. The van der Waals surface area contributed by atoms with Crippen molar-refractivity contribution in [2.45, 2.75) is 52.5 Å². The molecule has 0 aromatic heterocycles. The van der Waals surface area contributed by atoms with Crippen LogP contribution in [0.4, 0.5) is 0 Å². The van der Waals surface area contributed by atoms with Crippen LogP contribution in [-0.2, 0) is 0 Å². The minimum atomic E-state index is 0.281. The van der Waals surface area contributed by atoms with Crippen LogP contribution in [0.2, 0.25) is 0 Å². The Kier molecular flexibility index (Phi) is 4.15. The van der Waals surface area contributed by atoms with E-state index in [1.165, 1.54) is 23.2 Å². The minimum Gasteiger partial charge on any atom is -0.294 e. The maximum atomic E-state index is 2.54. The number of rotatable bonds is 2. The number of hydrogen-bond donors (Lipinski definition) is 0. The molecule has 1 aliphatic heterocycles. The smallest absolute Gasteiger partial charge is 0.0174 e. The van der Waals surface area contributed by atoms with Crippen molar-refractivity contribution in [1.82, 2.24) is 4.90 Å². The van der Waals surface area contributed by atoms with E-state index in [4.69, 9.17) is 0 Å². The summed E-state index contributed by atoms with van der Waals surface area (Å²) >= 11 is 0. The van der Waals surface area contributed by atoms with Gasteiger partial charge in [0.1, 0.15) is 0 Å². The molecule has 0 N–H and O–H groups in total. The van der Waals surface area contributed by atoms with Crippen molar-refractivity contribution in [2.75, 3.05) is 13.1 Å². The van der Waals surface area contributed by atoms with Crippen LogP contribution in [0.1, 0.15) is 58.1 Å². The normalized spacial score (nSPS) is 17.7. The number of hydrogen-bond acceptors (Lipinski definition) is 1. The van der Waals surface area contributed by atoms with Gasteiger partial charge in [-0.2, -0.15) is 0 Å². The summed E-state index contributed by atoms with van der Waals surface area (Å²) in [5.74, 6) is 0.616. The van der Waals surface area contributed by atoms with Gasteiger partial charge in [-0.05, 0) is 49.8 Å². The Hall–Kier alpha value is -1.08. The van der Waals surface area contributed by atoms with Crippen LogP contribution in [0.5, 0.6) is 0 Å². The summed E-state index contributed by atoms with van der Waals surface area (Å²) in [6.07, 6.45) is 3.57. The van der Waals surface area contributed by atoms with E-state index in [-0.39, 0.29) is 5.54 Å². The van der Waals surface area contributed by atoms with Gasteiger partial charge in [-0.25, -0.2) is 0 Å². The van der Waals surface area contributed by atoms with E-state index in [2.05, 4.69) is 69.9 Å². The molecule has 19 heavy (non-hydrogen) atoms. The van der Waals surface area contributed by atoms with Crippen LogP contribution in [0, 0.1) is 0 Å². The van der Waals surface area contributed by atoms with E-state index in [1.807, 2.05) is 0 Å². The standard InChI is InChI=1S/C18H27N/c1-14(2)15-6-8-16(9-7-15)17-10-12-19(13-11-17)18(3,4)5/h6-10,14H,11-13H2,1-5H3. The molecular formula is C18H27N.